The van der Waals surface area contributed by atoms with Crippen molar-refractivity contribution in [3.8, 4) is 11.4 Å². The van der Waals surface area contributed by atoms with Gasteiger partial charge >= 0.3 is 0 Å². The highest BCUT2D eigenvalue weighted by Crippen LogP contribution is 2.26. The Morgan fingerprint density at radius 3 is 2.45 bits per heavy atom. The van der Waals surface area contributed by atoms with Crippen molar-refractivity contribution in [1.29, 1.82) is 0 Å². The van der Waals surface area contributed by atoms with Gasteiger partial charge < -0.3 is 9.84 Å². The van der Waals surface area contributed by atoms with Gasteiger partial charge in [0.05, 0.1) is 19.3 Å². The summed E-state index contributed by atoms with van der Waals surface area (Å²) in [6.45, 7) is 5.79. The Balaban J connectivity index is 1.76. The number of hydrogen-bond donors (Lipinski definition) is 1. The number of halogens is 1. The molecule has 5 nitrogen and oxygen atoms in total. The Kier molecular flexibility index (Phi) is 8.12. The molecule has 1 N–H and O–H groups in total. The number of thioether (sulfide) groups is 1. The van der Waals surface area contributed by atoms with Gasteiger partial charge in [-0.25, -0.2) is 0 Å². The summed E-state index contributed by atoms with van der Waals surface area (Å²) in [4.78, 5) is 0. The van der Waals surface area contributed by atoms with Gasteiger partial charge in [0, 0.05) is 22.9 Å². The molecule has 1 aromatic heterocycles. The number of aliphatic hydroxyl groups excluding tert-OH is 1. The number of ether oxygens (including phenoxy) is 1. The topological polar surface area (TPSA) is 60.2 Å². The number of nitrogens with zero attached hydrogens (tertiary/aromatic N) is 3. The molecule has 29 heavy (non-hydrogen) atoms. The summed E-state index contributed by atoms with van der Waals surface area (Å²) in [6.07, 6.45) is -0.556. The second-order valence-corrected chi connectivity index (χ2v) is 8.70. The van der Waals surface area contributed by atoms with Gasteiger partial charge in [0.15, 0.2) is 11.0 Å². The fourth-order valence-electron chi connectivity index (χ4n) is 2.78. The quantitative estimate of drug-likeness (QED) is 0.468. The molecule has 2 aromatic carbocycles. The number of aromatic nitrogens is 3. The lowest BCUT2D eigenvalue weighted by Gasteiger charge is -2.13. The van der Waals surface area contributed by atoms with Crippen molar-refractivity contribution >= 4 is 23.4 Å². The van der Waals surface area contributed by atoms with Crippen molar-refractivity contribution in [2.24, 2.45) is 5.92 Å². The van der Waals surface area contributed by atoms with Crippen molar-refractivity contribution in [2.45, 2.75) is 31.7 Å². The molecule has 1 atom stereocenters. The van der Waals surface area contributed by atoms with Gasteiger partial charge in [-0.2, -0.15) is 0 Å². The first kappa shape index (κ1) is 21.8. The van der Waals surface area contributed by atoms with Crippen molar-refractivity contribution in [3.05, 3.63) is 65.2 Å². The molecular formula is C22H26ClN3O2S. The van der Waals surface area contributed by atoms with E-state index in [1.54, 1.807) is 0 Å². The average Bonchev–Trinajstić information content (AvgIpc) is 3.10. The molecule has 0 bridgehead atoms. The fraction of sp³-hybridized carbons (Fsp3) is 0.364. The van der Waals surface area contributed by atoms with Crippen LogP contribution in [0.1, 0.15) is 19.4 Å². The van der Waals surface area contributed by atoms with Gasteiger partial charge in [0.2, 0.25) is 0 Å². The van der Waals surface area contributed by atoms with Crippen molar-refractivity contribution in [1.82, 2.24) is 14.8 Å². The molecule has 0 fully saturated rings. The van der Waals surface area contributed by atoms with Gasteiger partial charge in [-0.15, -0.1) is 10.2 Å². The Morgan fingerprint density at radius 1 is 1.03 bits per heavy atom. The monoisotopic (exact) mass is 431 g/mol. The Morgan fingerprint density at radius 2 is 1.76 bits per heavy atom. The van der Waals surface area contributed by atoms with Crippen LogP contribution in [0.2, 0.25) is 5.02 Å². The molecule has 0 aliphatic carbocycles. The summed E-state index contributed by atoms with van der Waals surface area (Å²) < 4.78 is 7.61. The third-order valence-electron chi connectivity index (χ3n) is 4.17. The van der Waals surface area contributed by atoms with Crippen LogP contribution in [0, 0.1) is 5.92 Å². The standard InChI is InChI=1S/C22H26ClN3O2S/c1-16(2)13-28-14-20(27)15-29-22-25-24-21(18-8-10-19(23)11-9-18)26(22)12-17-6-4-3-5-7-17/h3-11,16,20,27H,12-15H2,1-2H3. The first-order chi connectivity index (χ1) is 14.0. The molecular weight excluding hydrogens is 406 g/mol. The molecule has 0 saturated heterocycles. The van der Waals surface area contributed by atoms with E-state index in [-0.39, 0.29) is 0 Å². The van der Waals surface area contributed by atoms with E-state index in [1.165, 1.54) is 11.8 Å². The molecule has 3 rings (SSSR count). The summed E-state index contributed by atoms with van der Waals surface area (Å²) in [5, 5.41) is 20.5. The van der Waals surface area contributed by atoms with Gasteiger partial charge in [0.25, 0.3) is 0 Å². The number of rotatable bonds is 10. The van der Waals surface area contributed by atoms with E-state index in [2.05, 4.69) is 40.7 Å². The van der Waals surface area contributed by atoms with E-state index in [1.807, 2.05) is 42.5 Å². The van der Waals surface area contributed by atoms with E-state index in [0.29, 0.717) is 36.5 Å². The highest BCUT2D eigenvalue weighted by Gasteiger charge is 2.16. The molecule has 0 spiro atoms. The summed E-state index contributed by atoms with van der Waals surface area (Å²) >= 11 is 7.52. The number of benzene rings is 2. The second-order valence-electron chi connectivity index (χ2n) is 7.28. The summed E-state index contributed by atoms with van der Waals surface area (Å²) in [7, 11) is 0. The van der Waals surface area contributed by atoms with Crippen LogP contribution in [-0.2, 0) is 11.3 Å². The second kappa shape index (κ2) is 10.8. The minimum absolute atomic E-state index is 0.321. The zero-order valence-electron chi connectivity index (χ0n) is 16.7. The average molecular weight is 432 g/mol. The van der Waals surface area contributed by atoms with Gasteiger partial charge in [-0.3, -0.25) is 4.57 Å². The Bertz CT molecular complexity index is 885. The number of aliphatic hydroxyl groups is 1. The minimum Gasteiger partial charge on any atom is -0.390 e. The fourth-order valence-corrected chi connectivity index (χ4v) is 3.74. The van der Waals surface area contributed by atoms with Crippen LogP contribution in [-0.4, -0.2) is 44.9 Å². The lowest BCUT2D eigenvalue weighted by Crippen LogP contribution is -2.20. The maximum Gasteiger partial charge on any atom is 0.191 e. The number of hydrogen-bond acceptors (Lipinski definition) is 5. The predicted octanol–water partition coefficient (Wildman–Crippen LogP) is 4.77. The highest BCUT2D eigenvalue weighted by atomic mass is 35.5. The first-order valence-corrected chi connectivity index (χ1v) is 11.0. The van der Waals surface area contributed by atoms with Crippen LogP contribution in [0.15, 0.2) is 59.8 Å². The Hall–Kier alpha value is -1.86. The van der Waals surface area contributed by atoms with Crippen molar-refractivity contribution in [3.63, 3.8) is 0 Å². The third-order valence-corrected chi connectivity index (χ3v) is 5.53. The normalized spacial score (nSPS) is 12.4. The lowest BCUT2D eigenvalue weighted by molar-refractivity contribution is 0.0364. The molecule has 0 radical (unpaired) electrons. The van der Waals surface area contributed by atoms with E-state index in [9.17, 15) is 5.11 Å². The van der Waals surface area contributed by atoms with Crippen LogP contribution in [0.25, 0.3) is 11.4 Å². The molecule has 7 heteroatoms. The van der Waals surface area contributed by atoms with Crippen LogP contribution in [0.3, 0.4) is 0 Å². The molecule has 0 amide bonds. The zero-order chi connectivity index (χ0) is 20.6. The van der Waals surface area contributed by atoms with E-state index in [0.717, 1.165) is 22.1 Å². The van der Waals surface area contributed by atoms with Gasteiger partial charge in [-0.1, -0.05) is 67.5 Å². The first-order valence-electron chi connectivity index (χ1n) is 9.64. The molecule has 3 aromatic rings. The molecule has 1 heterocycles. The lowest BCUT2D eigenvalue weighted by atomic mass is 10.2. The van der Waals surface area contributed by atoms with Crippen molar-refractivity contribution in [2.75, 3.05) is 19.0 Å². The molecule has 0 saturated carbocycles. The van der Waals surface area contributed by atoms with Gasteiger partial charge in [-0.05, 0) is 35.7 Å². The molecule has 0 aliphatic heterocycles. The summed E-state index contributed by atoms with van der Waals surface area (Å²) in [5.74, 6) is 1.72. The van der Waals surface area contributed by atoms with Crippen LogP contribution in [0.5, 0.6) is 0 Å². The van der Waals surface area contributed by atoms with Crippen LogP contribution < -0.4 is 0 Å². The predicted molar refractivity (Wildman–Crippen MR) is 118 cm³/mol. The summed E-state index contributed by atoms with van der Waals surface area (Å²) in [6, 6.07) is 17.8. The smallest absolute Gasteiger partial charge is 0.191 e. The third kappa shape index (κ3) is 6.57. The van der Waals surface area contributed by atoms with E-state index >= 15 is 0 Å². The minimum atomic E-state index is -0.556. The molecule has 1 unspecified atom stereocenters. The van der Waals surface area contributed by atoms with E-state index < -0.39 is 6.10 Å². The molecule has 154 valence electrons. The van der Waals surface area contributed by atoms with Crippen molar-refractivity contribution < 1.29 is 9.84 Å². The zero-order valence-corrected chi connectivity index (χ0v) is 18.2. The molecule has 0 aliphatic rings. The summed E-state index contributed by atoms with van der Waals surface area (Å²) in [5.41, 5.74) is 2.11. The largest absolute Gasteiger partial charge is 0.390 e. The van der Waals surface area contributed by atoms with Gasteiger partial charge in [0.1, 0.15) is 0 Å². The maximum absolute atomic E-state index is 10.2. The SMILES string of the molecule is CC(C)COCC(O)CSc1nnc(-c2ccc(Cl)cc2)n1Cc1ccccc1. The van der Waals surface area contributed by atoms with E-state index in [4.69, 9.17) is 16.3 Å². The highest BCUT2D eigenvalue weighted by molar-refractivity contribution is 7.99. The Labute approximate surface area is 181 Å². The maximum atomic E-state index is 10.2. The van der Waals surface area contributed by atoms with Crippen LogP contribution >= 0.6 is 23.4 Å². The van der Waals surface area contributed by atoms with Crippen LogP contribution in [0.4, 0.5) is 0 Å².